The maximum Gasteiger partial charge on any atom is 0.216 e. The van der Waals surface area contributed by atoms with Gasteiger partial charge in [0.25, 0.3) is 0 Å². The fourth-order valence-electron chi connectivity index (χ4n) is 3.52. The summed E-state index contributed by atoms with van der Waals surface area (Å²) in [4.78, 5) is 2.31. The van der Waals surface area contributed by atoms with E-state index in [1.807, 2.05) is 42.2 Å². The number of nitrogens with zero attached hydrogens (tertiary/aromatic N) is 5. The van der Waals surface area contributed by atoms with Crippen molar-refractivity contribution in [2.24, 2.45) is 0 Å². The Balaban J connectivity index is 1.40. The van der Waals surface area contributed by atoms with E-state index in [1.54, 1.807) is 8.99 Å². The van der Waals surface area contributed by atoms with Crippen molar-refractivity contribution >= 4 is 33.4 Å². The molecular weight excluding hydrogens is 406 g/mol. The van der Waals surface area contributed by atoms with Crippen molar-refractivity contribution in [3.05, 3.63) is 46.7 Å². The van der Waals surface area contributed by atoms with Crippen LogP contribution in [0.25, 0.3) is 0 Å². The highest BCUT2D eigenvalue weighted by atomic mass is 35.5. The van der Waals surface area contributed by atoms with Gasteiger partial charge in [-0.1, -0.05) is 28.9 Å². The minimum atomic E-state index is -3.25. The molecule has 0 radical (unpaired) electrons. The highest BCUT2D eigenvalue weighted by Crippen LogP contribution is 2.23. The van der Waals surface area contributed by atoms with Crippen LogP contribution in [0.3, 0.4) is 0 Å². The Bertz CT molecular complexity index is 881. The molecule has 4 rings (SSSR count). The first-order valence-electron chi connectivity index (χ1n) is 8.93. The average molecular weight is 428 g/mol. The molecule has 2 aliphatic heterocycles. The van der Waals surface area contributed by atoms with Gasteiger partial charge in [-0.3, -0.25) is 4.90 Å². The standard InChI is InChI=1S/C17H22ClN5O2S2/c18-15-3-1-14(2-4-15)9-22-10-16(19-20-22)11-23-12-17(13-27(23,24)25)21-5-7-26-8-6-21/h1-4,10,17H,5-9,11-13H2. The van der Waals surface area contributed by atoms with Gasteiger partial charge in [-0.15, -0.1) is 5.10 Å². The Kier molecular flexibility index (Phi) is 5.75. The number of benzene rings is 1. The monoisotopic (exact) mass is 427 g/mol. The third-order valence-corrected chi connectivity index (χ3v) is 8.02. The van der Waals surface area contributed by atoms with Crippen LogP contribution in [0, 0.1) is 0 Å². The Morgan fingerprint density at radius 3 is 2.63 bits per heavy atom. The summed E-state index contributed by atoms with van der Waals surface area (Å²) in [6, 6.07) is 7.64. The average Bonchev–Trinajstić information content (AvgIpc) is 3.22. The number of hydrogen-bond acceptors (Lipinski definition) is 6. The van der Waals surface area contributed by atoms with Gasteiger partial charge in [0.15, 0.2) is 0 Å². The maximum atomic E-state index is 12.6. The van der Waals surface area contributed by atoms with Gasteiger partial charge in [-0.05, 0) is 17.7 Å². The molecule has 1 aromatic heterocycles. The fraction of sp³-hybridized carbons (Fsp3) is 0.529. The first-order valence-corrected chi connectivity index (χ1v) is 12.1. The van der Waals surface area contributed by atoms with Crippen molar-refractivity contribution < 1.29 is 8.42 Å². The molecule has 0 saturated carbocycles. The molecule has 2 aliphatic rings. The minimum Gasteiger partial charge on any atom is -0.296 e. The number of rotatable bonds is 5. The van der Waals surface area contributed by atoms with Gasteiger partial charge < -0.3 is 0 Å². The summed E-state index contributed by atoms with van der Waals surface area (Å²) in [5, 5.41) is 8.99. The van der Waals surface area contributed by atoms with Crippen molar-refractivity contribution in [1.82, 2.24) is 24.2 Å². The summed E-state index contributed by atoms with van der Waals surface area (Å²) in [5.41, 5.74) is 1.73. The van der Waals surface area contributed by atoms with Crippen LogP contribution in [-0.2, 0) is 23.1 Å². The molecule has 2 aromatic rings. The lowest BCUT2D eigenvalue weighted by Crippen LogP contribution is -2.43. The third-order valence-electron chi connectivity index (χ3n) is 4.96. The summed E-state index contributed by atoms with van der Waals surface area (Å²) in [6.45, 7) is 3.33. The van der Waals surface area contributed by atoms with Crippen molar-refractivity contribution in [1.29, 1.82) is 0 Å². The van der Waals surface area contributed by atoms with Crippen LogP contribution in [-0.4, -0.2) is 75.6 Å². The van der Waals surface area contributed by atoms with Gasteiger partial charge in [-0.25, -0.2) is 13.1 Å². The molecule has 146 valence electrons. The van der Waals surface area contributed by atoms with Crippen LogP contribution in [0.4, 0.5) is 0 Å². The molecule has 0 bridgehead atoms. The summed E-state index contributed by atoms with van der Waals surface area (Å²) in [7, 11) is -3.25. The molecular formula is C17H22ClN5O2S2. The first kappa shape index (κ1) is 19.2. The van der Waals surface area contributed by atoms with Gasteiger partial charge in [0.05, 0.1) is 30.7 Å². The van der Waals surface area contributed by atoms with E-state index >= 15 is 0 Å². The molecule has 2 saturated heterocycles. The van der Waals surface area contributed by atoms with Crippen LogP contribution in [0.15, 0.2) is 30.5 Å². The molecule has 0 spiro atoms. The van der Waals surface area contributed by atoms with E-state index in [0.717, 1.165) is 30.2 Å². The van der Waals surface area contributed by atoms with Crippen molar-refractivity contribution in [2.45, 2.75) is 19.1 Å². The Labute approximate surface area is 168 Å². The molecule has 1 unspecified atom stereocenters. The fourth-order valence-corrected chi connectivity index (χ4v) is 6.32. The molecule has 7 nitrogen and oxygen atoms in total. The van der Waals surface area contributed by atoms with Gasteiger partial charge >= 0.3 is 0 Å². The van der Waals surface area contributed by atoms with Crippen molar-refractivity contribution in [3.63, 3.8) is 0 Å². The predicted molar refractivity (Wildman–Crippen MR) is 107 cm³/mol. The highest BCUT2D eigenvalue weighted by Gasteiger charge is 2.39. The molecule has 0 N–H and O–H groups in total. The molecule has 0 aliphatic carbocycles. The van der Waals surface area contributed by atoms with Crippen molar-refractivity contribution in [2.75, 3.05) is 36.9 Å². The number of halogens is 1. The van der Waals surface area contributed by atoms with Gasteiger partial charge in [-0.2, -0.15) is 16.1 Å². The smallest absolute Gasteiger partial charge is 0.216 e. The largest absolute Gasteiger partial charge is 0.296 e. The van der Waals surface area contributed by atoms with E-state index < -0.39 is 10.0 Å². The molecule has 1 atom stereocenters. The second-order valence-electron chi connectivity index (χ2n) is 6.91. The first-order chi connectivity index (χ1) is 13.0. The summed E-state index contributed by atoms with van der Waals surface area (Å²) >= 11 is 7.84. The van der Waals surface area contributed by atoms with E-state index in [2.05, 4.69) is 15.2 Å². The van der Waals surface area contributed by atoms with Crippen molar-refractivity contribution in [3.8, 4) is 0 Å². The van der Waals surface area contributed by atoms with Crippen LogP contribution in [0.2, 0.25) is 5.02 Å². The van der Waals surface area contributed by atoms with E-state index in [4.69, 9.17) is 11.6 Å². The zero-order valence-electron chi connectivity index (χ0n) is 14.9. The Morgan fingerprint density at radius 2 is 1.89 bits per heavy atom. The van der Waals surface area contributed by atoms with Crippen LogP contribution in [0.1, 0.15) is 11.3 Å². The lowest BCUT2D eigenvalue weighted by molar-refractivity contribution is 0.217. The Hall–Kier alpha value is -1.13. The topological polar surface area (TPSA) is 71.3 Å². The molecule has 10 heteroatoms. The molecule has 27 heavy (non-hydrogen) atoms. The number of hydrogen-bond donors (Lipinski definition) is 0. The van der Waals surface area contributed by atoms with E-state index in [0.29, 0.717) is 23.8 Å². The maximum absolute atomic E-state index is 12.6. The second kappa shape index (κ2) is 8.08. The molecule has 1 aromatic carbocycles. The lowest BCUT2D eigenvalue weighted by atomic mass is 10.2. The van der Waals surface area contributed by atoms with Gasteiger partial charge in [0.1, 0.15) is 0 Å². The zero-order valence-corrected chi connectivity index (χ0v) is 17.3. The summed E-state index contributed by atoms with van der Waals surface area (Å²) < 4.78 is 28.4. The predicted octanol–water partition coefficient (Wildman–Crippen LogP) is 1.54. The van der Waals surface area contributed by atoms with Crippen LogP contribution in [0.5, 0.6) is 0 Å². The normalized spacial score (nSPS) is 23.7. The van der Waals surface area contributed by atoms with E-state index in [1.165, 1.54) is 0 Å². The highest BCUT2D eigenvalue weighted by molar-refractivity contribution is 7.99. The SMILES string of the molecule is O=S1(=O)CC(N2CCSCC2)CN1Cc1cn(Cc2ccc(Cl)cc2)nn1. The van der Waals surface area contributed by atoms with E-state index in [9.17, 15) is 8.42 Å². The quantitative estimate of drug-likeness (QED) is 0.720. The molecule has 2 fully saturated rings. The zero-order chi connectivity index (χ0) is 18.9. The Morgan fingerprint density at radius 1 is 1.15 bits per heavy atom. The summed E-state index contributed by atoms with van der Waals surface area (Å²) in [6.07, 6.45) is 1.81. The van der Waals surface area contributed by atoms with Gasteiger partial charge in [0.2, 0.25) is 10.0 Å². The number of thioether (sulfide) groups is 1. The second-order valence-corrected chi connectivity index (χ2v) is 10.6. The van der Waals surface area contributed by atoms with Crippen LogP contribution < -0.4 is 0 Å². The summed E-state index contributed by atoms with van der Waals surface area (Å²) in [5.74, 6) is 2.36. The van der Waals surface area contributed by atoms with Gasteiger partial charge in [0, 0.05) is 42.2 Å². The minimum absolute atomic E-state index is 0.0833. The third kappa shape index (κ3) is 4.65. The lowest BCUT2D eigenvalue weighted by Gasteiger charge is -2.30. The van der Waals surface area contributed by atoms with Crippen LogP contribution >= 0.6 is 23.4 Å². The van der Waals surface area contributed by atoms with E-state index in [-0.39, 0.29) is 18.3 Å². The number of aromatic nitrogens is 3. The molecule has 0 amide bonds. The molecule has 3 heterocycles. The number of sulfonamides is 1.